The predicted octanol–water partition coefficient (Wildman–Crippen LogP) is 3.98. The number of nitrogens with one attached hydrogen (secondary N) is 6. The Morgan fingerprint density at radius 2 is 0.790 bits per heavy atom. The summed E-state index contributed by atoms with van der Waals surface area (Å²) in [6, 6.07) is 25.2. The SMILES string of the molecule is CC(CO)Nc1nc(Nc2ccccc2)nc(Nc2ccc(C=Cc3ccc(Nc4nc(Nc5ccccc5)nc(NC(C)CO)n4)cc3S(=O)(=O)O)c(S(=O)(=O)O)c2)n1.[NaH].[NaH]. The van der Waals surface area contributed by atoms with E-state index in [1.54, 1.807) is 38.1 Å². The van der Waals surface area contributed by atoms with Crippen molar-refractivity contribution >= 4 is 150 Å². The van der Waals surface area contributed by atoms with Crippen molar-refractivity contribution in [1.29, 1.82) is 0 Å². The van der Waals surface area contributed by atoms with Gasteiger partial charge in [-0.1, -0.05) is 60.7 Å². The van der Waals surface area contributed by atoms with Gasteiger partial charge in [-0.15, -0.1) is 0 Å². The Labute approximate surface area is 401 Å². The minimum atomic E-state index is -4.86. The second-order valence-electron chi connectivity index (χ2n) is 13.1. The molecule has 0 saturated carbocycles. The van der Waals surface area contributed by atoms with Crippen LogP contribution in [0.25, 0.3) is 12.2 Å². The second kappa shape index (κ2) is 22.5. The molecule has 0 radical (unpaired) electrons. The number of aliphatic hydroxyl groups excluding tert-OH is 2. The number of para-hydroxylation sites is 2. The Balaban J connectivity index is 0.00000422. The van der Waals surface area contributed by atoms with E-state index in [9.17, 15) is 36.2 Å². The second-order valence-corrected chi connectivity index (χ2v) is 15.9. The molecule has 0 amide bonds. The van der Waals surface area contributed by atoms with Gasteiger partial charge in [-0.3, -0.25) is 9.11 Å². The summed E-state index contributed by atoms with van der Waals surface area (Å²) < 4.78 is 71.0. The molecule has 10 N–H and O–H groups in total. The van der Waals surface area contributed by atoms with Crippen LogP contribution in [0.5, 0.6) is 0 Å². The van der Waals surface area contributed by atoms with E-state index >= 15 is 0 Å². The fraction of sp³-hybridized carbons (Fsp3) is 0.158. The van der Waals surface area contributed by atoms with Crippen LogP contribution in [0.2, 0.25) is 0 Å². The predicted molar refractivity (Wildman–Crippen MR) is 242 cm³/mol. The third-order valence-corrected chi connectivity index (χ3v) is 9.99. The van der Waals surface area contributed by atoms with Gasteiger partial charge in [0.05, 0.1) is 13.2 Å². The number of rotatable bonds is 18. The summed E-state index contributed by atoms with van der Waals surface area (Å²) in [6.07, 6.45) is 2.50. The molecular weight excluding hydrogens is 863 g/mol. The van der Waals surface area contributed by atoms with Crippen molar-refractivity contribution < 1.29 is 36.2 Å². The Morgan fingerprint density at radius 3 is 1.10 bits per heavy atom. The van der Waals surface area contributed by atoms with Gasteiger partial charge in [0, 0.05) is 34.8 Å². The first kappa shape index (κ1) is 49.8. The number of hydrogen-bond donors (Lipinski definition) is 10. The van der Waals surface area contributed by atoms with Gasteiger partial charge in [-0.2, -0.15) is 46.7 Å². The number of benzene rings is 4. The van der Waals surface area contributed by atoms with E-state index in [4.69, 9.17) is 0 Å². The Hall–Kier alpha value is -4.82. The summed E-state index contributed by atoms with van der Waals surface area (Å²) in [7, 11) is -9.73. The fourth-order valence-corrected chi connectivity index (χ4v) is 6.74. The fourth-order valence-electron chi connectivity index (χ4n) is 5.32. The number of aliphatic hydroxyl groups is 2. The molecule has 2 heterocycles. The number of nitrogens with zero attached hydrogens (tertiary/aromatic N) is 6. The minimum absolute atomic E-state index is 0. The Kier molecular flexibility index (Phi) is 18.1. The maximum atomic E-state index is 12.6. The molecule has 0 bridgehead atoms. The molecule has 0 spiro atoms. The summed E-state index contributed by atoms with van der Waals surface area (Å²) >= 11 is 0. The molecule has 2 aromatic heterocycles. The monoisotopic (exact) mass is 904 g/mol. The Morgan fingerprint density at radius 1 is 0.484 bits per heavy atom. The molecule has 62 heavy (non-hydrogen) atoms. The summed E-state index contributed by atoms with van der Waals surface area (Å²) in [5.41, 5.74) is 1.58. The average molecular weight is 905 g/mol. The van der Waals surface area contributed by atoms with Gasteiger partial charge in [-0.25, -0.2) is 0 Å². The van der Waals surface area contributed by atoms with Gasteiger partial charge in [0.2, 0.25) is 35.7 Å². The van der Waals surface area contributed by atoms with Crippen LogP contribution in [0.1, 0.15) is 25.0 Å². The maximum absolute atomic E-state index is 12.6. The van der Waals surface area contributed by atoms with Crippen molar-refractivity contribution in [3.05, 3.63) is 108 Å². The van der Waals surface area contributed by atoms with Gasteiger partial charge >= 0.3 is 59.1 Å². The Bertz CT molecular complexity index is 2530. The molecule has 6 aromatic rings. The molecule has 2 atom stereocenters. The quantitative estimate of drug-likeness (QED) is 0.0331. The van der Waals surface area contributed by atoms with Gasteiger partial charge in [-0.05, 0) is 73.5 Å². The standard InChI is InChI=1S/C38H40N12O8S2.2Na.2H/c1-23(21-51)39-33-45-35(41-27-9-5-3-6-10-27)49-37(47-33)43-29-17-15-25(31(19-29)59(53,54)55)13-14-26-16-18-30(20-32(26)60(56,57)58)44-38-48-34(40-24(2)22-52)46-36(50-38)42-28-11-7-4-8-12-28;;;;/h3-20,23-24,51-52H,21-22H2,1-2H3,(H,53,54,55)(H,56,57,58)(H3,39,41,43,45,47,49)(H3,40,42,44,46,48,50);;;;. The first-order valence-corrected chi connectivity index (χ1v) is 20.9. The van der Waals surface area contributed by atoms with Crippen molar-refractivity contribution in [2.24, 2.45) is 0 Å². The molecule has 20 nitrogen and oxygen atoms in total. The zero-order valence-corrected chi connectivity index (χ0v) is 33.5. The molecule has 6 rings (SSSR count). The number of anilines is 10. The van der Waals surface area contributed by atoms with Crippen molar-refractivity contribution in [2.75, 3.05) is 45.1 Å². The first-order chi connectivity index (χ1) is 28.6. The molecular formula is C38H42N12Na2O8S2. The number of hydrogen-bond acceptors (Lipinski definition) is 18. The van der Waals surface area contributed by atoms with Gasteiger partial charge < -0.3 is 42.1 Å². The van der Waals surface area contributed by atoms with Crippen LogP contribution in [0.15, 0.2) is 107 Å². The van der Waals surface area contributed by atoms with Crippen LogP contribution in [0.4, 0.5) is 58.4 Å². The van der Waals surface area contributed by atoms with E-state index < -0.39 is 42.1 Å². The zero-order valence-electron chi connectivity index (χ0n) is 31.9. The third kappa shape index (κ3) is 14.4. The van der Waals surface area contributed by atoms with Gasteiger partial charge in [0.25, 0.3) is 20.2 Å². The van der Waals surface area contributed by atoms with E-state index in [2.05, 4.69) is 61.8 Å². The summed E-state index contributed by atoms with van der Waals surface area (Å²) in [4.78, 5) is 25.0. The number of aromatic nitrogens is 6. The van der Waals surface area contributed by atoms with E-state index in [0.717, 1.165) is 12.1 Å². The average Bonchev–Trinajstić information content (AvgIpc) is 3.20. The molecule has 0 saturated heterocycles. The van der Waals surface area contributed by atoms with Crippen molar-refractivity contribution in [3.8, 4) is 0 Å². The van der Waals surface area contributed by atoms with Gasteiger partial charge in [0.1, 0.15) is 9.79 Å². The van der Waals surface area contributed by atoms with Crippen LogP contribution < -0.4 is 31.9 Å². The van der Waals surface area contributed by atoms with Crippen molar-refractivity contribution in [2.45, 2.75) is 35.7 Å². The van der Waals surface area contributed by atoms with E-state index in [1.165, 1.54) is 36.4 Å². The third-order valence-electron chi connectivity index (χ3n) is 8.17. The first-order valence-electron chi connectivity index (χ1n) is 18.0. The van der Waals surface area contributed by atoms with E-state index in [-0.39, 0.29) is 131 Å². The topological polar surface area (TPSA) is 299 Å². The molecule has 24 heteroatoms. The van der Waals surface area contributed by atoms with Crippen LogP contribution >= 0.6 is 0 Å². The summed E-state index contributed by atoms with van der Waals surface area (Å²) in [6.45, 7) is 3.00. The molecule has 0 fully saturated rings. The summed E-state index contributed by atoms with van der Waals surface area (Å²) in [5, 5.41) is 36.9. The van der Waals surface area contributed by atoms with Crippen molar-refractivity contribution in [1.82, 2.24) is 29.9 Å². The van der Waals surface area contributed by atoms with Crippen LogP contribution in [-0.2, 0) is 20.2 Å². The normalized spacial score (nSPS) is 12.3. The molecule has 0 aliphatic heterocycles. The zero-order chi connectivity index (χ0) is 42.9. The van der Waals surface area contributed by atoms with Crippen LogP contribution in [0.3, 0.4) is 0 Å². The van der Waals surface area contributed by atoms with Crippen molar-refractivity contribution in [3.63, 3.8) is 0 Å². The molecule has 2 unspecified atom stereocenters. The molecule has 316 valence electrons. The molecule has 0 aliphatic carbocycles. The van der Waals surface area contributed by atoms with Gasteiger partial charge in [0.15, 0.2) is 0 Å². The van der Waals surface area contributed by atoms with E-state index in [1.807, 2.05) is 36.4 Å². The van der Waals surface area contributed by atoms with Crippen LogP contribution in [-0.4, -0.2) is 150 Å². The summed E-state index contributed by atoms with van der Waals surface area (Å²) in [5.74, 6) is 0.435. The molecule has 4 aromatic carbocycles. The van der Waals surface area contributed by atoms with Crippen LogP contribution in [0, 0.1) is 0 Å². The van der Waals surface area contributed by atoms with E-state index in [0.29, 0.717) is 11.4 Å². The molecule has 0 aliphatic rings.